The Morgan fingerprint density at radius 1 is 0.951 bits per heavy atom. The van der Waals surface area contributed by atoms with Crippen LogP contribution < -0.4 is 14.8 Å². The monoisotopic (exact) mass is 589 g/mol. The summed E-state index contributed by atoms with van der Waals surface area (Å²) in [5, 5.41) is 3.45. The van der Waals surface area contributed by atoms with Crippen LogP contribution in [-0.4, -0.2) is 89.7 Å². The van der Waals surface area contributed by atoms with Crippen molar-refractivity contribution in [3.05, 3.63) is 54.1 Å². The highest BCUT2D eigenvalue weighted by atomic mass is 32.2. The fourth-order valence-electron chi connectivity index (χ4n) is 5.15. The average molecular weight is 590 g/mol. The number of hydrogen-bond donors (Lipinski definition) is 1. The number of carbonyl (C=O) groups excluding carboxylic acids is 1. The van der Waals surface area contributed by atoms with E-state index in [9.17, 15) is 13.2 Å². The van der Waals surface area contributed by atoms with E-state index >= 15 is 0 Å². The van der Waals surface area contributed by atoms with Gasteiger partial charge in [0.2, 0.25) is 10.0 Å². The number of hydrogen-bond acceptors (Lipinski definition) is 7. The second-order valence-corrected chi connectivity index (χ2v) is 13.3. The number of rotatable bonds is 16. The van der Waals surface area contributed by atoms with Crippen LogP contribution in [0.25, 0.3) is 0 Å². The lowest BCUT2D eigenvalue weighted by Gasteiger charge is -2.33. The summed E-state index contributed by atoms with van der Waals surface area (Å²) in [6.07, 6.45) is 0.722. The maximum absolute atomic E-state index is 13.8. The van der Waals surface area contributed by atoms with E-state index in [-0.39, 0.29) is 29.7 Å². The van der Waals surface area contributed by atoms with Crippen LogP contribution in [0.15, 0.2) is 53.4 Å². The Morgan fingerprint density at radius 3 is 2.24 bits per heavy atom. The molecule has 0 saturated carbocycles. The lowest BCUT2D eigenvalue weighted by atomic mass is 9.94. The summed E-state index contributed by atoms with van der Waals surface area (Å²) in [6, 6.07) is 13.8. The van der Waals surface area contributed by atoms with Gasteiger partial charge in [0, 0.05) is 57.9 Å². The highest BCUT2D eigenvalue weighted by Crippen LogP contribution is 2.30. The number of methoxy groups -OCH3 is 2. The van der Waals surface area contributed by atoms with Gasteiger partial charge in [-0.15, -0.1) is 0 Å². The molecule has 1 saturated heterocycles. The third-order valence-electron chi connectivity index (χ3n) is 7.34. The molecular formula is C31H47N3O6S. The zero-order valence-electron chi connectivity index (χ0n) is 25.3. The second-order valence-electron chi connectivity index (χ2n) is 11.3. The predicted octanol–water partition coefficient (Wildman–Crippen LogP) is 4.14. The largest absolute Gasteiger partial charge is 0.493 e. The standard InChI is InChI=1S/C31H47N3O6S/c1-23(2)20-33(41(36,37)28-11-8-7-9-12-28)21-26-18-32-19-27(26)22-34(24(3)4)31(35)25-13-14-29(39-6)30(17-25)40-16-10-15-38-5/h7-9,11-14,17,23-24,26-27,32H,10,15-16,18-22H2,1-6H3/t26-,27+/m1/s1. The molecule has 0 unspecified atom stereocenters. The Bertz CT molecular complexity index is 1210. The first-order chi connectivity index (χ1) is 19.6. The molecule has 10 heteroatoms. The molecule has 41 heavy (non-hydrogen) atoms. The van der Waals surface area contributed by atoms with Crippen molar-refractivity contribution < 1.29 is 27.4 Å². The summed E-state index contributed by atoms with van der Waals surface area (Å²) in [5.74, 6) is 1.35. The van der Waals surface area contributed by atoms with Crippen molar-refractivity contribution in [1.29, 1.82) is 0 Å². The minimum Gasteiger partial charge on any atom is -0.493 e. The van der Waals surface area contributed by atoms with E-state index in [1.165, 1.54) is 0 Å². The molecule has 2 atom stereocenters. The molecule has 1 amide bonds. The topological polar surface area (TPSA) is 97.4 Å². The molecule has 0 bridgehead atoms. The van der Waals surface area contributed by atoms with Gasteiger partial charge in [-0.3, -0.25) is 4.79 Å². The van der Waals surface area contributed by atoms with E-state index in [0.717, 1.165) is 13.0 Å². The maximum Gasteiger partial charge on any atom is 0.254 e. The molecule has 2 aromatic rings. The first-order valence-electron chi connectivity index (χ1n) is 14.4. The number of sulfonamides is 1. The number of ether oxygens (including phenoxy) is 3. The molecular weight excluding hydrogens is 542 g/mol. The number of nitrogens with zero attached hydrogens (tertiary/aromatic N) is 2. The summed E-state index contributed by atoms with van der Waals surface area (Å²) < 4.78 is 45.3. The van der Waals surface area contributed by atoms with Gasteiger partial charge < -0.3 is 24.4 Å². The van der Waals surface area contributed by atoms with Gasteiger partial charge >= 0.3 is 0 Å². The molecule has 3 rings (SSSR count). The molecule has 9 nitrogen and oxygen atoms in total. The maximum atomic E-state index is 13.8. The van der Waals surface area contributed by atoms with Crippen LogP contribution in [0.5, 0.6) is 11.5 Å². The summed E-state index contributed by atoms with van der Waals surface area (Å²) in [5.41, 5.74) is 0.525. The van der Waals surface area contributed by atoms with Crippen molar-refractivity contribution in [2.75, 3.05) is 60.2 Å². The van der Waals surface area contributed by atoms with Crippen molar-refractivity contribution in [3.8, 4) is 11.5 Å². The lowest BCUT2D eigenvalue weighted by molar-refractivity contribution is 0.0656. The van der Waals surface area contributed by atoms with E-state index in [1.807, 2.05) is 38.7 Å². The number of nitrogens with one attached hydrogen (secondary N) is 1. The first-order valence-corrected chi connectivity index (χ1v) is 15.9. The molecule has 2 aromatic carbocycles. The Labute approximate surface area is 246 Å². The van der Waals surface area contributed by atoms with Crippen LogP contribution in [-0.2, 0) is 14.8 Å². The molecule has 1 aliphatic heterocycles. The first kappa shape index (κ1) is 32.8. The second kappa shape index (κ2) is 15.5. The fourth-order valence-corrected chi connectivity index (χ4v) is 6.83. The van der Waals surface area contributed by atoms with Gasteiger partial charge in [0.05, 0.1) is 18.6 Å². The lowest BCUT2D eigenvalue weighted by Crippen LogP contribution is -2.45. The number of carbonyl (C=O) groups is 1. The fraction of sp³-hybridized carbons (Fsp3) is 0.581. The van der Waals surface area contributed by atoms with E-state index < -0.39 is 10.0 Å². The summed E-state index contributed by atoms with van der Waals surface area (Å²) in [7, 11) is -0.419. The van der Waals surface area contributed by atoms with Crippen molar-refractivity contribution in [1.82, 2.24) is 14.5 Å². The van der Waals surface area contributed by atoms with Crippen LogP contribution in [0, 0.1) is 17.8 Å². The van der Waals surface area contributed by atoms with Crippen molar-refractivity contribution in [2.24, 2.45) is 17.8 Å². The highest BCUT2D eigenvalue weighted by Gasteiger charge is 2.36. The smallest absolute Gasteiger partial charge is 0.254 e. The SMILES string of the molecule is COCCCOc1cc(C(=O)N(C[C@@H]2CNC[C@@H]2CN(CC(C)C)S(=O)(=O)c2ccccc2)C(C)C)ccc1OC. The van der Waals surface area contributed by atoms with Crippen LogP contribution in [0.3, 0.4) is 0 Å². The van der Waals surface area contributed by atoms with Gasteiger partial charge in [0.25, 0.3) is 5.91 Å². The van der Waals surface area contributed by atoms with Crippen LogP contribution in [0.4, 0.5) is 0 Å². The Balaban J connectivity index is 1.78. The van der Waals surface area contributed by atoms with Crippen LogP contribution in [0.1, 0.15) is 44.5 Å². The molecule has 1 fully saturated rings. The predicted molar refractivity (Wildman–Crippen MR) is 161 cm³/mol. The van der Waals surface area contributed by atoms with E-state index in [0.29, 0.717) is 61.4 Å². The highest BCUT2D eigenvalue weighted by molar-refractivity contribution is 7.89. The number of benzene rings is 2. The minimum absolute atomic E-state index is 0.0447. The average Bonchev–Trinajstić information content (AvgIpc) is 3.39. The summed E-state index contributed by atoms with van der Waals surface area (Å²) in [4.78, 5) is 16.0. The van der Waals surface area contributed by atoms with E-state index in [4.69, 9.17) is 14.2 Å². The Kier molecular flexibility index (Phi) is 12.4. The third kappa shape index (κ3) is 8.91. The number of amides is 1. The molecule has 0 spiro atoms. The third-order valence-corrected chi connectivity index (χ3v) is 9.19. The molecule has 0 aromatic heterocycles. The zero-order valence-corrected chi connectivity index (χ0v) is 26.2. The van der Waals surface area contributed by atoms with Crippen molar-refractivity contribution >= 4 is 15.9 Å². The minimum atomic E-state index is -3.64. The zero-order chi connectivity index (χ0) is 30.0. The Morgan fingerprint density at radius 2 is 1.63 bits per heavy atom. The van der Waals surface area contributed by atoms with Gasteiger partial charge in [-0.1, -0.05) is 32.0 Å². The van der Waals surface area contributed by atoms with Gasteiger partial charge in [0.1, 0.15) is 0 Å². The van der Waals surface area contributed by atoms with E-state index in [1.54, 1.807) is 61.0 Å². The van der Waals surface area contributed by atoms with Crippen molar-refractivity contribution in [3.63, 3.8) is 0 Å². The van der Waals surface area contributed by atoms with Gasteiger partial charge in [-0.25, -0.2) is 8.42 Å². The summed E-state index contributed by atoms with van der Waals surface area (Å²) >= 11 is 0. The van der Waals surface area contributed by atoms with Crippen LogP contribution >= 0.6 is 0 Å². The Hall–Kier alpha value is -2.66. The van der Waals surface area contributed by atoms with Gasteiger partial charge in [-0.2, -0.15) is 4.31 Å². The van der Waals surface area contributed by atoms with Gasteiger partial charge in [0.15, 0.2) is 11.5 Å². The quantitative estimate of drug-likeness (QED) is 0.294. The van der Waals surface area contributed by atoms with Crippen LogP contribution in [0.2, 0.25) is 0 Å². The van der Waals surface area contributed by atoms with E-state index in [2.05, 4.69) is 5.32 Å². The molecule has 1 aliphatic rings. The molecule has 0 radical (unpaired) electrons. The molecule has 1 heterocycles. The molecule has 0 aliphatic carbocycles. The normalized spacial score (nSPS) is 17.4. The molecule has 228 valence electrons. The van der Waals surface area contributed by atoms with Gasteiger partial charge in [-0.05, 0) is 68.5 Å². The summed E-state index contributed by atoms with van der Waals surface area (Å²) in [6.45, 7) is 11.9. The molecule has 1 N–H and O–H groups in total. The van der Waals surface area contributed by atoms with Crippen molar-refractivity contribution in [2.45, 2.75) is 45.1 Å².